The SMILES string of the molecule is CCCCC[n+]1cn(-c2ccc(F)cc2F)c2ccccc21.[I-]. The molecule has 23 heavy (non-hydrogen) atoms. The first kappa shape index (κ1) is 17.8. The molecule has 0 amide bonds. The Balaban J connectivity index is 0.00000192. The Morgan fingerprint density at radius 2 is 1.83 bits per heavy atom. The number of hydrogen-bond acceptors (Lipinski definition) is 0. The average molecular weight is 428 g/mol. The molecule has 1 aromatic heterocycles. The summed E-state index contributed by atoms with van der Waals surface area (Å²) in [7, 11) is 0. The van der Waals surface area contributed by atoms with Crippen molar-refractivity contribution in [3.05, 3.63) is 60.4 Å². The Morgan fingerprint density at radius 3 is 2.57 bits per heavy atom. The molecule has 3 aromatic rings. The van der Waals surface area contributed by atoms with Crippen LogP contribution < -0.4 is 28.5 Å². The molecule has 3 rings (SSSR count). The van der Waals surface area contributed by atoms with Crippen LogP contribution in [0.2, 0.25) is 0 Å². The van der Waals surface area contributed by atoms with Gasteiger partial charge in [-0.3, -0.25) is 0 Å². The summed E-state index contributed by atoms with van der Waals surface area (Å²) in [6.45, 7) is 3.06. The van der Waals surface area contributed by atoms with Crippen LogP contribution in [0.1, 0.15) is 26.2 Å². The largest absolute Gasteiger partial charge is 1.00 e. The number of imidazole rings is 1. The molecule has 5 heteroatoms. The topological polar surface area (TPSA) is 8.81 Å². The molecular weight excluding hydrogens is 409 g/mol. The molecule has 0 aliphatic rings. The Hall–Kier alpha value is -1.50. The Labute approximate surface area is 151 Å². The minimum atomic E-state index is -0.562. The number of rotatable bonds is 5. The average Bonchev–Trinajstić information content (AvgIpc) is 2.87. The highest BCUT2D eigenvalue weighted by Gasteiger charge is 2.19. The van der Waals surface area contributed by atoms with Crippen molar-refractivity contribution in [1.29, 1.82) is 0 Å². The minimum Gasteiger partial charge on any atom is -1.00 e. The van der Waals surface area contributed by atoms with E-state index in [-0.39, 0.29) is 24.0 Å². The van der Waals surface area contributed by atoms with Gasteiger partial charge in [-0.1, -0.05) is 25.5 Å². The van der Waals surface area contributed by atoms with Crippen molar-refractivity contribution in [3.8, 4) is 5.69 Å². The highest BCUT2D eigenvalue weighted by molar-refractivity contribution is 5.74. The normalized spacial score (nSPS) is 10.7. The summed E-state index contributed by atoms with van der Waals surface area (Å²) in [5.74, 6) is -1.12. The van der Waals surface area contributed by atoms with Gasteiger partial charge in [0.1, 0.15) is 5.82 Å². The van der Waals surface area contributed by atoms with Crippen molar-refractivity contribution in [3.63, 3.8) is 0 Å². The molecule has 0 aliphatic carbocycles. The minimum absolute atomic E-state index is 0. The van der Waals surface area contributed by atoms with Crippen molar-refractivity contribution in [1.82, 2.24) is 4.57 Å². The number of para-hydroxylation sites is 2. The summed E-state index contributed by atoms with van der Waals surface area (Å²) < 4.78 is 31.2. The van der Waals surface area contributed by atoms with Gasteiger partial charge in [0.25, 0.3) is 0 Å². The molecule has 2 nitrogen and oxygen atoms in total. The quantitative estimate of drug-likeness (QED) is 0.330. The van der Waals surface area contributed by atoms with Gasteiger partial charge < -0.3 is 24.0 Å². The first-order valence-electron chi connectivity index (χ1n) is 7.65. The number of aryl methyl sites for hydroxylation is 1. The zero-order valence-corrected chi connectivity index (χ0v) is 15.1. The lowest BCUT2D eigenvalue weighted by Gasteiger charge is -1.99. The van der Waals surface area contributed by atoms with Crippen molar-refractivity contribution in [2.45, 2.75) is 32.7 Å². The lowest BCUT2D eigenvalue weighted by atomic mass is 10.2. The molecule has 122 valence electrons. The molecule has 1 heterocycles. The molecule has 0 bridgehead atoms. The van der Waals surface area contributed by atoms with Gasteiger partial charge in [0.05, 0.1) is 6.54 Å². The lowest BCUT2D eigenvalue weighted by molar-refractivity contribution is -0.672. The predicted molar refractivity (Wildman–Crippen MR) is 82.9 cm³/mol. The van der Waals surface area contributed by atoms with E-state index in [1.165, 1.54) is 12.1 Å². The van der Waals surface area contributed by atoms with Gasteiger partial charge in [0.2, 0.25) is 6.33 Å². The fraction of sp³-hybridized carbons (Fsp3) is 0.278. The van der Waals surface area contributed by atoms with E-state index in [0.717, 1.165) is 42.9 Å². The molecule has 0 N–H and O–H groups in total. The molecule has 0 fully saturated rings. The summed E-state index contributed by atoms with van der Waals surface area (Å²) in [6.07, 6.45) is 5.31. The molecule has 0 saturated carbocycles. The first-order chi connectivity index (χ1) is 10.7. The van der Waals surface area contributed by atoms with Gasteiger partial charge in [-0.2, -0.15) is 4.57 Å². The van der Waals surface area contributed by atoms with Crippen LogP contribution in [0.15, 0.2) is 48.8 Å². The summed E-state index contributed by atoms with van der Waals surface area (Å²) >= 11 is 0. The maximum atomic E-state index is 14.1. The van der Waals surface area contributed by atoms with Crippen molar-refractivity contribution in [2.75, 3.05) is 0 Å². The van der Waals surface area contributed by atoms with Crippen LogP contribution in [-0.2, 0) is 6.54 Å². The summed E-state index contributed by atoms with van der Waals surface area (Å²) in [5.41, 5.74) is 2.35. The molecule has 2 aromatic carbocycles. The van der Waals surface area contributed by atoms with Crippen LogP contribution in [-0.4, -0.2) is 4.57 Å². The zero-order chi connectivity index (χ0) is 15.5. The van der Waals surface area contributed by atoms with Crippen LogP contribution in [0.25, 0.3) is 16.7 Å². The predicted octanol–water partition coefficient (Wildman–Crippen LogP) is 1.39. The van der Waals surface area contributed by atoms with Gasteiger partial charge in [-0.15, -0.1) is 0 Å². The van der Waals surface area contributed by atoms with E-state index in [0.29, 0.717) is 5.69 Å². The maximum absolute atomic E-state index is 14.1. The van der Waals surface area contributed by atoms with Gasteiger partial charge in [0, 0.05) is 6.07 Å². The summed E-state index contributed by atoms with van der Waals surface area (Å²) in [4.78, 5) is 0. The van der Waals surface area contributed by atoms with Crippen LogP contribution in [0.5, 0.6) is 0 Å². The third-order valence-corrected chi connectivity index (χ3v) is 3.88. The Morgan fingerprint density at radius 1 is 1.04 bits per heavy atom. The molecular formula is C18H19F2IN2. The van der Waals surface area contributed by atoms with Gasteiger partial charge in [-0.05, 0) is 37.1 Å². The standard InChI is InChI=1S/C18H19F2N2.HI/c1-2-3-6-11-21-13-22(18-8-5-4-7-17(18)21)16-10-9-14(19)12-15(16)20;/h4-5,7-10,12-13H,2-3,6,11H2,1H3;1H/q+1;/p-1. The molecule has 0 saturated heterocycles. The first-order valence-corrected chi connectivity index (χ1v) is 7.65. The Bertz CT molecular complexity index is 799. The van der Waals surface area contributed by atoms with Crippen LogP contribution in [0.3, 0.4) is 0 Å². The second kappa shape index (κ2) is 7.86. The van der Waals surface area contributed by atoms with Crippen molar-refractivity contribution >= 4 is 11.0 Å². The number of hydrogen-bond donors (Lipinski definition) is 0. The Kier molecular flexibility index (Phi) is 6.10. The van der Waals surface area contributed by atoms with Crippen LogP contribution in [0, 0.1) is 11.6 Å². The van der Waals surface area contributed by atoms with E-state index in [9.17, 15) is 8.78 Å². The molecule has 0 radical (unpaired) electrons. The van der Waals surface area contributed by atoms with E-state index in [2.05, 4.69) is 11.5 Å². The lowest BCUT2D eigenvalue weighted by Crippen LogP contribution is -3.00. The number of fused-ring (bicyclic) bond motifs is 1. The smallest absolute Gasteiger partial charge is 0.250 e. The van der Waals surface area contributed by atoms with Gasteiger partial charge >= 0.3 is 0 Å². The van der Waals surface area contributed by atoms with Crippen LogP contribution in [0.4, 0.5) is 8.78 Å². The van der Waals surface area contributed by atoms with E-state index >= 15 is 0 Å². The second-order valence-corrected chi connectivity index (χ2v) is 5.47. The van der Waals surface area contributed by atoms with E-state index in [1.54, 1.807) is 4.57 Å². The molecule has 0 aliphatic heterocycles. The maximum Gasteiger partial charge on any atom is 0.250 e. The number of unbranched alkanes of at least 4 members (excludes halogenated alkanes) is 2. The summed E-state index contributed by atoms with van der Waals surface area (Å²) in [6, 6.07) is 11.6. The molecule has 0 unspecified atom stereocenters. The number of halogens is 3. The monoisotopic (exact) mass is 428 g/mol. The number of nitrogens with zero attached hydrogens (tertiary/aromatic N) is 2. The second-order valence-electron chi connectivity index (χ2n) is 5.47. The van der Waals surface area contributed by atoms with E-state index in [1.807, 2.05) is 30.6 Å². The molecule has 0 atom stereocenters. The number of benzene rings is 2. The van der Waals surface area contributed by atoms with Crippen molar-refractivity contribution in [2.24, 2.45) is 0 Å². The van der Waals surface area contributed by atoms with Gasteiger partial charge in [-0.25, -0.2) is 13.3 Å². The highest BCUT2D eigenvalue weighted by Crippen LogP contribution is 2.20. The number of aromatic nitrogens is 2. The van der Waals surface area contributed by atoms with E-state index in [4.69, 9.17) is 0 Å². The highest BCUT2D eigenvalue weighted by atomic mass is 127. The zero-order valence-electron chi connectivity index (χ0n) is 13.0. The summed E-state index contributed by atoms with van der Waals surface area (Å²) in [5, 5.41) is 0. The van der Waals surface area contributed by atoms with Crippen LogP contribution >= 0.6 is 0 Å². The molecule has 0 spiro atoms. The third kappa shape index (κ3) is 3.71. The van der Waals surface area contributed by atoms with Crippen molar-refractivity contribution < 1.29 is 37.3 Å². The van der Waals surface area contributed by atoms with Gasteiger partial charge in [0.15, 0.2) is 22.5 Å². The fourth-order valence-corrected chi connectivity index (χ4v) is 2.75. The fourth-order valence-electron chi connectivity index (χ4n) is 2.75. The van der Waals surface area contributed by atoms with E-state index < -0.39 is 11.6 Å². The third-order valence-electron chi connectivity index (χ3n) is 3.88.